The predicted octanol–water partition coefficient (Wildman–Crippen LogP) is 2.44. The van der Waals surface area contributed by atoms with Gasteiger partial charge in [-0.3, -0.25) is 0 Å². The normalized spacial score (nSPS) is 12.6. The van der Waals surface area contributed by atoms with Crippen LogP contribution in [-0.2, 0) is 0 Å². The topological polar surface area (TPSA) is 27.6 Å². The molecule has 1 aromatic carbocycles. The van der Waals surface area contributed by atoms with Crippen LogP contribution in [0.15, 0.2) is 47.6 Å². The average Bonchev–Trinajstić information content (AvgIpc) is 2.34. The van der Waals surface area contributed by atoms with Gasteiger partial charge in [-0.25, -0.2) is 4.99 Å². The van der Waals surface area contributed by atoms with E-state index >= 15 is 0 Å². The number of hydrogen-bond acceptors (Lipinski definition) is 2. The molecule has 0 aliphatic rings. The Kier molecular flexibility index (Phi) is 5.43. The molecule has 3 heteroatoms. The Morgan fingerprint density at radius 3 is 2.65 bits per heavy atom. The molecule has 3 nitrogen and oxygen atoms in total. The third-order valence-corrected chi connectivity index (χ3v) is 2.38. The Morgan fingerprint density at radius 1 is 1.41 bits per heavy atom. The Morgan fingerprint density at radius 2 is 2.06 bits per heavy atom. The highest BCUT2D eigenvalue weighted by molar-refractivity contribution is 5.55. The van der Waals surface area contributed by atoms with Crippen molar-refractivity contribution in [2.24, 2.45) is 4.99 Å². The van der Waals surface area contributed by atoms with E-state index in [0.717, 1.165) is 5.70 Å². The molecule has 0 heterocycles. The molecule has 1 aromatic rings. The molecule has 92 valence electrons. The van der Waals surface area contributed by atoms with Gasteiger partial charge in [0.2, 0.25) is 0 Å². The van der Waals surface area contributed by atoms with Crippen molar-refractivity contribution in [2.75, 3.05) is 20.6 Å². The smallest absolute Gasteiger partial charge is 0.0903 e. The summed E-state index contributed by atoms with van der Waals surface area (Å²) in [6.07, 6.45) is 1.76. The van der Waals surface area contributed by atoms with Gasteiger partial charge in [-0.1, -0.05) is 36.9 Å². The lowest BCUT2D eigenvalue weighted by atomic mass is 10.1. The van der Waals surface area contributed by atoms with E-state index in [2.05, 4.69) is 35.9 Å². The second kappa shape index (κ2) is 6.86. The minimum Gasteiger partial charge on any atom is -0.369 e. The molecule has 0 aliphatic carbocycles. The maximum atomic E-state index is 4.23. The van der Waals surface area contributed by atoms with Gasteiger partial charge in [-0.15, -0.1) is 0 Å². The van der Waals surface area contributed by atoms with Crippen molar-refractivity contribution in [1.29, 1.82) is 0 Å². The van der Waals surface area contributed by atoms with Gasteiger partial charge in [0.15, 0.2) is 0 Å². The molecule has 1 rings (SSSR count). The van der Waals surface area contributed by atoms with E-state index in [1.165, 1.54) is 5.56 Å². The molecule has 0 saturated heterocycles. The van der Waals surface area contributed by atoms with E-state index in [0.29, 0.717) is 12.6 Å². The molecule has 0 radical (unpaired) electrons. The van der Waals surface area contributed by atoms with Crippen LogP contribution < -0.4 is 5.32 Å². The highest BCUT2D eigenvalue weighted by Gasteiger charge is 2.03. The number of aliphatic imine (C=N–C) groups is 1. The number of nitrogens with one attached hydrogen (secondary N) is 1. The zero-order chi connectivity index (χ0) is 12.7. The monoisotopic (exact) mass is 231 g/mol. The van der Waals surface area contributed by atoms with Crippen molar-refractivity contribution in [3.8, 4) is 0 Å². The second-order valence-corrected chi connectivity index (χ2v) is 4.29. The fraction of sp³-hybridized carbons (Fsp3) is 0.357. The fourth-order valence-electron chi connectivity index (χ4n) is 1.37. The predicted molar refractivity (Wildman–Crippen MR) is 74.2 cm³/mol. The molecule has 17 heavy (non-hydrogen) atoms. The van der Waals surface area contributed by atoms with E-state index in [4.69, 9.17) is 0 Å². The van der Waals surface area contributed by atoms with E-state index in [1.54, 1.807) is 6.34 Å². The van der Waals surface area contributed by atoms with Gasteiger partial charge in [0.05, 0.1) is 6.34 Å². The summed E-state index contributed by atoms with van der Waals surface area (Å²) in [4.78, 5) is 6.13. The quantitative estimate of drug-likeness (QED) is 0.601. The molecule has 0 aromatic heterocycles. The molecule has 0 aliphatic heterocycles. The maximum Gasteiger partial charge on any atom is 0.0903 e. The highest BCUT2D eigenvalue weighted by Crippen LogP contribution is 2.11. The van der Waals surface area contributed by atoms with Crippen LogP contribution in [0.1, 0.15) is 18.5 Å². The van der Waals surface area contributed by atoms with Crippen molar-refractivity contribution in [2.45, 2.75) is 13.0 Å². The number of benzene rings is 1. The van der Waals surface area contributed by atoms with E-state index in [-0.39, 0.29) is 0 Å². The Labute approximate surface area is 104 Å². The van der Waals surface area contributed by atoms with E-state index < -0.39 is 0 Å². The molecule has 0 amide bonds. The standard InChI is InChI=1S/C14H21N3/c1-12(16-11-17(3)4)10-15-13(2)14-8-6-5-7-9-14/h5-9,11,13,15H,1,10H2,2-4H3/b16-11-. The van der Waals surface area contributed by atoms with Crippen LogP contribution in [0.25, 0.3) is 0 Å². The molecule has 0 saturated carbocycles. The molecular formula is C14H21N3. The maximum absolute atomic E-state index is 4.23. The van der Waals surface area contributed by atoms with Gasteiger partial charge in [-0.05, 0) is 12.5 Å². The number of rotatable bonds is 6. The molecular weight excluding hydrogens is 210 g/mol. The Bertz CT molecular complexity index is 368. The van der Waals surface area contributed by atoms with Crippen molar-refractivity contribution in [1.82, 2.24) is 10.2 Å². The summed E-state index contributed by atoms with van der Waals surface area (Å²) in [6.45, 7) is 6.74. The van der Waals surface area contributed by atoms with Crippen LogP contribution in [0.4, 0.5) is 0 Å². The van der Waals surface area contributed by atoms with Crippen LogP contribution in [-0.4, -0.2) is 31.9 Å². The van der Waals surface area contributed by atoms with Gasteiger partial charge < -0.3 is 10.2 Å². The number of nitrogens with zero attached hydrogens (tertiary/aromatic N) is 2. The van der Waals surface area contributed by atoms with Crippen molar-refractivity contribution in [3.63, 3.8) is 0 Å². The van der Waals surface area contributed by atoms with Crippen LogP contribution in [0.5, 0.6) is 0 Å². The molecule has 1 unspecified atom stereocenters. The first-order valence-electron chi connectivity index (χ1n) is 5.76. The van der Waals surface area contributed by atoms with Crippen molar-refractivity contribution in [3.05, 3.63) is 48.2 Å². The molecule has 0 fully saturated rings. The van der Waals surface area contributed by atoms with Gasteiger partial charge in [0.25, 0.3) is 0 Å². The van der Waals surface area contributed by atoms with Crippen LogP contribution in [0, 0.1) is 0 Å². The van der Waals surface area contributed by atoms with Gasteiger partial charge in [-0.2, -0.15) is 0 Å². The first kappa shape index (κ1) is 13.5. The SMILES string of the molecule is C=C(CNC(C)c1ccccc1)/N=C\N(C)C. The summed E-state index contributed by atoms with van der Waals surface area (Å²) in [6, 6.07) is 10.7. The first-order valence-corrected chi connectivity index (χ1v) is 5.76. The van der Waals surface area contributed by atoms with Crippen molar-refractivity contribution < 1.29 is 0 Å². The summed E-state index contributed by atoms with van der Waals surface area (Å²) in [5.41, 5.74) is 2.11. The van der Waals surface area contributed by atoms with Gasteiger partial charge in [0, 0.05) is 32.4 Å². The summed E-state index contributed by atoms with van der Waals surface area (Å²) >= 11 is 0. The second-order valence-electron chi connectivity index (χ2n) is 4.29. The lowest BCUT2D eigenvalue weighted by molar-refractivity contribution is 0.602. The lowest BCUT2D eigenvalue weighted by Gasteiger charge is -2.14. The summed E-state index contributed by atoms with van der Waals surface area (Å²) in [5, 5.41) is 3.39. The Hall–Kier alpha value is -1.61. The molecule has 1 N–H and O–H groups in total. The zero-order valence-corrected chi connectivity index (χ0v) is 10.9. The van der Waals surface area contributed by atoms with Crippen LogP contribution in [0.3, 0.4) is 0 Å². The summed E-state index contributed by atoms with van der Waals surface area (Å²) in [7, 11) is 3.88. The summed E-state index contributed by atoms with van der Waals surface area (Å²) < 4.78 is 0. The fourth-order valence-corrected chi connectivity index (χ4v) is 1.37. The van der Waals surface area contributed by atoms with E-state index in [9.17, 15) is 0 Å². The Balaban J connectivity index is 2.39. The van der Waals surface area contributed by atoms with Gasteiger partial charge in [0.1, 0.15) is 0 Å². The largest absolute Gasteiger partial charge is 0.369 e. The number of hydrogen-bond donors (Lipinski definition) is 1. The molecule has 0 bridgehead atoms. The van der Waals surface area contributed by atoms with Crippen LogP contribution >= 0.6 is 0 Å². The summed E-state index contributed by atoms with van der Waals surface area (Å²) in [5.74, 6) is 0. The van der Waals surface area contributed by atoms with E-state index in [1.807, 2.05) is 37.2 Å². The first-order chi connectivity index (χ1) is 8.09. The minimum atomic E-state index is 0.308. The van der Waals surface area contributed by atoms with Gasteiger partial charge >= 0.3 is 0 Å². The van der Waals surface area contributed by atoms with Crippen molar-refractivity contribution >= 4 is 6.34 Å². The third-order valence-electron chi connectivity index (χ3n) is 2.38. The zero-order valence-electron chi connectivity index (χ0n) is 10.9. The highest BCUT2D eigenvalue weighted by atomic mass is 15.1. The average molecular weight is 231 g/mol. The third kappa shape index (κ3) is 5.31. The lowest BCUT2D eigenvalue weighted by Crippen LogP contribution is -2.21. The molecule has 1 atom stereocenters. The minimum absolute atomic E-state index is 0.308. The molecule has 0 spiro atoms. The van der Waals surface area contributed by atoms with Crippen LogP contribution in [0.2, 0.25) is 0 Å².